The van der Waals surface area contributed by atoms with Crippen molar-refractivity contribution in [1.29, 1.82) is 0 Å². The molecule has 9 nitrogen and oxygen atoms in total. The van der Waals surface area contributed by atoms with Crippen molar-refractivity contribution in [2.24, 2.45) is 0 Å². The van der Waals surface area contributed by atoms with Gasteiger partial charge in [-0.2, -0.15) is 0 Å². The van der Waals surface area contributed by atoms with Gasteiger partial charge in [0, 0.05) is 0 Å². The Bertz CT molecular complexity index is 168. The Morgan fingerprint density at radius 2 is 1.00 bits per heavy atom. The first-order valence-corrected chi connectivity index (χ1v) is 1.88. The number of carboxylic acid groups (broad SMARTS) is 2. The Kier molecular flexibility index (Phi) is 35.5. The number of carbonyl (C=O) groups is 3. The minimum atomic E-state index is -1.92. The van der Waals surface area contributed by atoms with Crippen LogP contribution in [0.25, 0.3) is 0 Å². The molecular weight excluding hydrogens is 254 g/mol. The molecule has 0 unspecified atom stereocenters. The second-order valence-electron chi connectivity index (χ2n) is 0.986. The van der Waals surface area contributed by atoms with E-state index in [-0.39, 0.29) is 115 Å². The second-order valence-corrected chi connectivity index (χ2v) is 0.986. The summed E-state index contributed by atoms with van der Waals surface area (Å²) in [5, 5.41) is 15.4. The van der Waals surface area contributed by atoms with Crippen LogP contribution in [-0.2, 0) is 9.47 Å². The molecule has 76 valence electrons. The molecule has 0 spiro atoms. The predicted molar refractivity (Wildman–Crippen MR) is 48.0 cm³/mol. The Balaban J connectivity index is -0.0000000675. The van der Waals surface area contributed by atoms with Crippen LogP contribution in [0, 0.1) is 0 Å². The molecule has 8 N–H and O–H groups in total. The van der Waals surface area contributed by atoms with Crippen molar-refractivity contribution < 1.29 is 34.1 Å². The first-order chi connectivity index (χ1) is 4.52. The van der Waals surface area contributed by atoms with E-state index in [0.29, 0.717) is 0 Å². The van der Waals surface area contributed by atoms with E-state index in [9.17, 15) is 14.4 Å². The van der Waals surface area contributed by atoms with E-state index in [4.69, 9.17) is 10.2 Å². The Morgan fingerprint density at radius 3 is 1.14 bits per heavy atom. The van der Waals surface area contributed by atoms with Gasteiger partial charge in [-0.3, -0.25) is 0 Å². The standard InChI is InChI=1S/C3H2O7.2K.2H3N.2H/c4-1(5)9-3(8)10-2(6)7;;;;;;/h(H,4,5)(H,6,7);;;2*1H3;;. The van der Waals surface area contributed by atoms with Gasteiger partial charge in [-0.05, 0) is 0 Å². The van der Waals surface area contributed by atoms with Crippen LogP contribution in [0.3, 0.4) is 0 Å². The van der Waals surface area contributed by atoms with Gasteiger partial charge in [0.15, 0.2) is 0 Å². The molecule has 0 aromatic heterocycles. The van der Waals surface area contributed by atoms with E-state index < -0.39 is 18.5 Å². The van der Waals surface area contributed by atoms with Crippen LogP contribution in [0.2, 0.25) is 0 Å². The summed E-state index contributed by atoms with van der Waals surface area (Å²) in [7, 11) is 0. The Morgan fingerprint density at radius 1 is 0.786 bits per heavy atom. The fourth-order valence-electron chi connectivity index (χ4n) is 0.163. The second kappa shape index (κ2) is 16.8. The number of hydrogen-bond acceptors (Lipinski definition) is 7. The van der Waals surface area contributed by atoms with E-state index in [2.05, 4.69) is 9.47 Å². The van der Waals surface area contributed by atoms with Gasteiger partial charge in [0.2, 0.25) is 0 Å². The molecule has 0 aliphatic rings. The monoisotopic (exact) mass is 264 g/mol. The molecule has 14 heavy (non-hydrogen) atoms. The molecule has 0 atom stereocenters. The van der Waals surface area contributed by atoms with Crippen LogP contribution < -0.4 is 12.3 Å². The van der Waals surface area contributed by atoms with Crippen molar-refractivity contribution in [3.8, 4) is 0 Å². The Labute approximate surface area is 164 Å². The fraction of sp³-hybridized carbons (Fsp3) is 0. The number of ether oxygens (including phenoxy) is 2. The molecule has 0 amide bonds. The van der Waals surface area contributed by atoms with E-state index in [0.717, 1.165) is 0 Å². The number of carbonyl (C=O) groups excluding carboxylic acids is 1. The van der Waals surface area contributed by atoms with Gasteiger partial charge in [-0.25, -0.2) is 14.4 Å². The predicted octanol–water partition coefficient (Wildman–Crippen LogP) is -0.477. The topological polar surface area (TPSA) is 180 Å². The third-order valence-electron chi connectivity index (χ3n) is 0.341. The van der Waals surface area contributed by atoms with Gasteiger partial charge in [0.25, 0.3) is 0 Å². The summed E-state index contributed by atoms with van der Waals surface area (Å²) in [4.78, 5) is 28.8. The maximum absolute atomic E-state index is 9.86. The molecule has 0 fully saturated rings. The molecule has 0 bridgehead atoms. The van der Waals surface area contributed by atoms with Crippen LogP contribution in [0.4, 0.5) is 14.4 Å². The van der Waals surface area contributed by atoms with Crippen molar-refractivity contribution in [1.82, 2.24) is 12.3 Å². The first kappa shape index (κ1) is 29.5. The van der Waals surface area contributed by atoms with Crippen molar-refractivity contribution in [3.05, 3.63) is 0 Å². The van der Waals surface area contributed by atoms with E-state index in [1.54, 1.807) is 0 Å². The molecule has 0 rings (SSSR count). The third kappa shape index (κ3) is 23.3. The summed E-state index contributed by atoms with van der Waals surface area (Å²) in [6.45, 7) is 0. The first-order valence-electron chi connectivity index (χ1n) is 1.88. The van der Waals surface area contributed by atoms with Gasteiger partial charge < -0.3 is 32.0 Å². The molecule has 11 heteroatoms. The molecule has 0 aromatic rings. The SMILES string of the molecule is N.N.O=C(O)OC(=O)OC(=O)O.[KH].[KH]. The van der Waals surface area contributed by atoms with E-state index in [1.165, 1.54) is 0 Å². The zero-order valence-electron chi connectivity index (χ0n) is 5.85. The molecule has 0 heterocycles. The van der Waals surface area contributed by atoms with Gasteiger partial charge in [0.05, 0.1) is 0 Å². The van der Waals surface area contributed by atoms with Crippen molar-refractivity contribution >= 4 is 121 Å². The average molecular weight is 264 g/mol. The van der Waals surface area contributed by atoms with Crippen molar-refractivity contribution in [2.75, 3.05) is 0 Å². The number of rotatable bonds is 0. The normalized spacial score (nSPS) is 5.71. The van der Waals surface area contributed by atoms with Crippen molar-refractivity contribution in [3.63, 3.8) is 0 Å². The zero-order valence-corrected chi connectivity index (χ0v) is 5.85. The quantitative estimate of drug-likeness (QED) is 0.255. The van der Waals surface area contributed by atoms with Gasteiger partial charge in [-0.1, -0.05) is 0 Å². The maximum atomic E-state index is 9.86. The molecule has 0 aliphatic carbocycles. The van der Waals surface area contributed by atoms with Gasteiger partial charge >= 0.3 is 121 Å². The third-order valence-corrected chi connectivity index (χ3v) is 0.341. The molecule has 0 aromatic carbocycles. The Hall–Kier alpha value is 1.40. The van der Waals surface area contributed by atoms with E-state index >= 15 is 0 Å². The molecule has 0 radical (unpaired) electrons. The molecule has 0 saturated carbocycles. The fourth-order valence-corrected chi connectivity index (χ4v) is 0.163. The summed E-state index contributed by atoms with van der Waals surface area (Å²) < 4.78 is 6.47. The average Bonchev–Trinajstić information content (AvgIpc) is 1.58. The zero-order chi connectivity index (χ0) is 8.15. The van der Waals surface area contributed by atoms with Crippen LogP contribution in [0.15, 0.2) is 0 Å². The van der Waals surface area contributed by atoms with Gasteiger partial charge in [-0.15, -0.1) is 0 Å². The van der Waals surface area contributed by atoms with Crippen LogP contribution in [-0.4, -0.2) is 131 Å². The van der Waals surface area contributed by atoms with Crippen molar-refractivity contribution in [2.45, 2.75) is 0 Å². The summed E-state index contributed by atoms with van der Waals surface area (Å²) in [5.41, 5.74) is 0. The van der Waals surface area contributed by atoms with E-state index in [1.807, 2.05) is 0 Å². The van der Waals surface area contributed by atoms with Crippen LogP contribution in [0.5, 0.6) is 0 Å². The number of hydrogen-bond donors (Lipinski definition) is 4. The summed E-state index contributed by atoms with van der Waals surface area (Å²) >= 11 is 0. The van der Waals surface area contributed by atoms with Crippen LogP contribution in [0.1, 0.15) is 0 Å². The van der Waals surface area contributed by atoms with Gasteiger partial charge in [0.1, 0.15) is 0 Å². The summed E-state index contributed by atoms with van der Waals surface area (Å²) in [6.07, 6.45) is -5.64. The minimum absolute atomic E-state index is 0. The molecular formula is C3H10K2N2O7. The molecule has 0 saturated heterocycles. The van der Waals surface area contributed by atoms with Crippen LogP contribution >= 0.6 is 0 Å². The summed E-state index contributed by atoms with van der Waals surface area (Å²) in [6, 6.07) is 0. The summed E-state index contributed by atoms with van der Waals surface area (Å²) in [5.74, 6) is 0. The molecule has 0 aliphatic heterocycles.